The summed E-state index contributed by atoms with van der Waals surface area (Å²) >= 11 is 0. The van der Waals surface area contributed by atoms with Gasteiger partial charge >= 0.3 is 30.1 Å². The molecule has 5 N–H and O–H groups in total. The minimum atomic E-state index is -4.76. The second-order valence-electron chi connectivity index (χ2n) is 19.2. The van der Waals surface area contributed by atoms with Crippen LogP contribution in [-0.2, 0) is 41.5 Å². The van der Waals surface area contributed by atoms with Gasteiger partial charge in [-0.05, 0) is 79.1 Å². The van der Waals surface area contributed by atoms with Gasteiger partial charge in [-0.3, -0.25) is 53.3 Å². The first-order valence-electron chi connectivity index (χ1n) is 25.1. The first kappa shape index (κ1) is 56.9. The first-order chi connectivity index (χ1) is 35.3. The molecular weight excluding hydrogens is 968 g/mol. The number of nitrogens with zero attached hydrogens (tertiary/aromatic N) is 6. The van der Waals surface area contributed by atoms with E-state index >= 15 is 0 Å². The molecule has 6 rings (SSSR count). The molecule has 0 bridgehead atoms. The van der Waals surface area contributed by atoms with Gasteiger partial charge < -0.3 is 35.4 Å². The highest BCUT2D eigenvalue weighted by atomic mass is 19.4. The van der Waals surface area contributed by atoms with E-state index in [-0.39, 0.29) is 140 Å². The number of alkyl halides is 3. The topological polar surface area (TPSA) is 224 Å². The van der Waals surface area contributed by atoms with Gasteiger partial charge in [-0.15, -0.1) is 0 Å². The monoisotopic (exact) mass is 1040 g/mol. The number of likely N-dealkylation sites (tertiary alicyclic amines) is 2. The molecule has 3 saturated heterocycles. The Morgan fingerprint density at radius 3 is 1.76 bits per heavy atom. The molecule has 3 aliphatic rings. The smallest absolute Gasteiger partial charge is 0.417 e. The number of carbonyl (C=O) groups is 6. The summed E-state index contributed by atoms with van der Waals surface area (Å²) in [5, 5.41) is 41.4. The molecular formula is C53H68F3N7O11. The lowest BCUT2D eigenvalue weighted by Gasteiger charge is -2.35. The number of carboxylic acid groups (broad SMARTS) is 4. The van der Waals surface area contributed by atoms with Gasteiger partial charge in [0, 0.05) is 83.5 Å². The number of nitrogens with one attached hydrogen (secondary N) is 1. The van der Waals surface area contributed by atoms with Crippen LogP contribution in [0.5, 0.6) is 5.75 Å². The number of aliphatic carboxylic acids is 4. The molecule has 0 spiro atoms. The lowest BCUT2D eigenvalue weighted by molar-refractivity contribution is -0.145. The number of piperidine rings is 2. The van der Waals surface area contributed by atoms with Crippen molar-refractivity contribution in [2.45, 2.75) is 57.8 Å². The zero-order chi connectivity index (χ0) is 53.4. The number of halogens is 3. The first-order valence-corrected chi connectivity index (χ1v) is 25.1. The van der Waals surface area contributed by atoms with Crippen molar-refractivity contribution in [3.63, 3.8) is 0 Å². The van der Waals surface area contributed by atoms with Crippen molar-refractivity contribution in [3.8, 4) is 16.9 Å². The van der Waals surface area contributed by atoms with Crippen LogP contribution in [-0.4, -0.2) is 203 Å². The number of ether oxygens (including phenoxy) is 1. The van der Waals surface area contributed by atoms with Crippen LogP contribution in [0.4, 0.5) is 13.2 Å². The van der Waals surface area contributed by atoms with E-state index < -0.39 is 47.6 Å². The van der Waals surface area contributed by atoms with Gasteiger partial charge in [0.1, 0.15) is 18.4 Å². The molecule has 1 atom stereocenters. The Hall–Kier alpha value is -6.39. The fourth-order valence-corrected chi connectivity index (χ4v) is 9.85. The average Bonchev–Trinajstić information content (AvgIpc) is 3.35. The number of benzene rings is 3. The molecule has 18 nitrogen and oxygen atoms in total. The van der Waals surface area contributed by atoms with Gasteiger partial charge in [-0.25, -0.2) is 0 Å². The standard InChI is InChI=1S/C53H68F3N7O11/c1-37-38(10-7-11-43(37)39-8-3-2-4-9-39)13-14-41-31-46(42(30-44(41)53(54,55)56)32-63-18-6-5-12-45(63)52(72)73)74-29-17-57-51(71)40-15-19-62(20-16-40)47(64)33-58-21-23-59(34-48(65)66)25-27-61(36-50(69)70)28-26-60(24-22-58)35-49(67)68/h2-4,7-11,13-14,30-31,40,45H,5-6,12,15-29,32-36H2,1H3,(H,57,71)(H,65,66)(H,67,68)(H,69,70)(H,72,73)/b14-13+/t45-/m0/s1. The van der Waals surface area contributed by atoms with Crippen LogP contribution in [0.25, 0.3) is 23.3 Å². The van der Waals surface area contributed by atoms with Gasteiger partial charge in [0.05, 0.1) is 38.3 Å². The second-order valence-corrected chi connectivity index (χ2v) is 19.2. The van der Waals surface area contributed by atoms with Crippen LogP contribution in [0.3, 0.4) is 0 Å². The predicted molar refractivity (Wildman–Crippen MR) is 269 cm³/mol. The number of hydrogen-bond donors (Lipinski definition) is 5. The number of rotatable bonds is 19. The fraction of sp³-hybridized carbons (Fsp3) is 0.509. The Balaban J connectivity index is 1.09. The molecule has 0 unspecified atom stereocenters. The summed E-state index contributed by atoms with van der Waals surface area (Å²) < 4.78 is 50.8. The lowest BCUT2D eigenvalue weighted by atomic mass is 9.95. The molecule has 3 heterocycles. The maximum atomic E-state index is 14.9. The summed E-state index contributed by atoms with van der Waals surface area (Å²) in [4.78, 5) is 84.5. The third-order valence-electron chi connectivity index (χ3n) is 14.0. The molecule has 3 fully saturated rings. The number of amides is 2. The van der Waals surface area contributed by atoms with E-state index in [0.29, 0.717) is 38.6 Å². The molecule has 0 radical (unpaired) electrons. The quantitative estimate of drug-likeness (QED) is 0.0824. The number of carbonyl (C=O) groups excluding carboxylic acids is 2. The summed E-state index contributed by atoms with van der Waals surface area (Å²) in [6.45, 7) is 3.87. The van der Waals surface area contributed by atoms with Crippen molar-refractivity contribution in [1.29, 1.82) is 0 Å². The molecule has 0 saturated carbocycles. The van der Waals surface area contributed by atoms with Gasteiger partial charge in [0.25, 0.3) is 0 Å². The van der Waals surface area contributed by atoms with Gasteiger partial charge in [-0.1, -0.05) is 67.1 Å². The van der Waals surface area contributed by atoms with E-state index in [4.69, 9.17) is 4.74 Å². The SMILES string of the molecule is Cc1c(/C=C/c2cc(OCCNC(=O)C3CCN(C(=O)CN4CCN(CC(=O)O)CCN(CC(=O)O)CCN(CC(=O)O)CC4)CC3)c(CN3CCCC[C@H]3C(=O)O)cc2C(F)(F)F)cccc1-c1ccccc1. The zero-order valence-electron chi connectivity index (χ0n) is 41.8. The van der Waals surface area contributed by atoms with E-state index in [2.05, 4.69) is 5.32 Å². The van der Waals surface area contributed by atoms with Crippen LogP contribution in [0, 0.1) is 12.8 Å². The predicted octanol–water partition coefficient (Wildman–Crippen LogP) is 4.50. The van der Waals surface area contributed by atoms with Crippen molar-refractivity contribution in [1.82, 2.24) is 34.7 Å². The van der Waals surface area contributed by atoms with Crippen LogP contribution in [0.15, 0.2) is 60.7 Å². The van der Waals surface area contributed by atoms with E-state index in [1.807, 2.05) is 60.4 Å². The van der Waals surface area contributed by atoms with Crippen molar-refractivity contribution < 1.29 is 67.1 Å². The van der Waals surface area contributed by atoms with Crippen LogP contribution < -0.4 is 10.1 Å². The summed E-state index contributed by atoms with van der Waals surface area (Å²) in [7, 11) is 0. The highest BCUT2D eigenvalue weighted by Gasteiger charge is 2.36. The van der Waals surface area contributed by atoms with E-state index in [0.717, 1.165) is 28.3 Å². The normalized spacial score (nSPS) is 18.9. The van der Waals surface area contributed by atoms with Crippen molar-refractivity contribution in [2.75, 3.05) is 111 Å². The van der Waals surface area contributed by atoms with E-state index in [9.17, 15) is 62.4 Å². The van der Waals surface area contributed by atoms with Crippen LogP contribution >= 0.6 is 0 Å². The third kappa shape index (κ3) is 17.1. The second kappa shape index (κ2) is 27.2. The van der Waals surface area contributed by atoms with E-state index in [1.165, 1.54) is 12.1 Å². The van der Waals surface area contributed by atoms with Crippen molar-refractivity contribution >= 4 is 47.8 Å². The number of carboxylic acids is 4. The largest absolute Gasteiger partial charge is 0.491 e. The molecule has 0 aromatic heterocycles. The lowest BCUT2D eigenvalue weighted by Crippen LogP contribution is -2.51. The third-order valence-corrected chi connectivity index (χ3v) is 14.0. The van der Waals surface area contributed by atoms with Crippen molar-refractivity contribution in [3.05, 3.63) is 88.5 Å². The Bertz CT molecular complexity index is 2420. The summed E-state index contributed by atoms with van der Waals surface area (Å²) in [5.41, 5.74) is 2.63. The fourth-order valence-electron chi connectivity index (χ4n) is 9.85. The Morgan fingerprint density at radius 1 is 0.662 bits per heavy atom. The summed E-state index contributed by atoms with van der Waals surface area (Å²) in [6, 6.07) is 16.8. The minimum absolute atomic E-state index is 0.0148. The Morgan fingerprint density at radius 2 is 1.22 bits per heavy atom. The molecule has 3 aliphatic heterocycles. The van der Waals surface area contributed by atoms with Gasteiger partial charge in [-0.2, -0.15) is 13.2 Å². The minimum Gasteiger partial charge on any atom is -0.491 e. The number of hydrogen-bond acceptors (Lipinski definition) is 12. The van der Waals surface area contributed by atoms with Gasteiger partial charge in [0.2, 0.25) is 11.8 Å². The highest BCUT2D eigenvalue weighted by Crippen LogP contribution is 2.38. The zero-order valence-corrected chi connectivity index (χ0v) is 41.8. The average molecular weight is 1040 g/mol. The molecule has 74 heavy (non-hydrogen) atoms. The maximum absolute atomic E-state index is 14.9. The maximum Gasteiger partial charge on any atom is 0.417 e. The molecule has 3 aromatic rings. The highest BCUT2D eigenvalue weighted by molar-refractivity contribution is 5.81. The molecule has 3 aromatic carbocycles. The molecule has 0 aliphatic carbocycles. The van der Waals surface area contributed by atoms with Crippen molar-refractivity contribution in [2.24, 2.45) is 5.92 Å². The molecule has 21 heteroatoms. The summed E-state index contributed by atoms with van der Waals surface area (Å²) in [5.74, 6) is -5.01. The molecule has 2 amide bonds. The van der Waals surface area contributed by atoms with Crippen LogP contribution in [0.1, 0.15) is 59.9 Å². The Labute approximate surface area is 428 Å². The molecule has 402 valence electrons. The van der Waals surface area contributed by atoms with E-state index in [1.54, 1.807) is 30.6 Å². The van der Waals surface area contributed by atoms with Crippen LogP contribution in [0.2, 0.25) is 0 Å². The summed E-state index contributed by atoms with van der Waals surface area (Å²) in [6.07, 6.45) is 0.731. The Kier molecular flexibility index (Phi) is 20.9. The van der Waals surface area contributed by atoms with Gasteiger partial charge in [0.15, 0.2) is 0 Å².